The standard InChI is InChI=1S/C25H25N7O3/c33-24-30-23-20(6-3-9-26-23)32(24)19-7-10-31(11-8-19)21-14-22(28-15-27-21)35-25(34)29-18-12-16-4-1-2-5-17(16)13-18/h1-6,9,14-15,18-19H,7-8,10-13H2,(H,29,34)(H,26,30,33). The van der Waals surface area contributed by atoms with E-state index in [-0.39, 0.29) is 23.7 Å². The first-order valence-electron chi connectivity index (χ1n) is 11.8. The molecular formula is C25H25N7O3. The second-order valence-electron chi connectivity index (χ2n) is 9.01. The van der Waals surface area contributed by atoms with Crippen molar-refractivity contribution >= 4 is 23.1 Å². The molecule has 10 nitrogen and oxygen atoms in total. The highest BCUT2D eigenvalue weighted by Crippen LogP contribution is 2.28. The van der Waals surface area contributed by atoms with E-state index in [1.54, 1.807) is 16.8 Å². The van der Waals surface area contributed by atoms with Crippen molar-refractivity contribution in [1.82, 2.24) is 29.8 Å². The molecule has 0 unspecified atom stereocenters. The number of ether oxygens (including phenoxy) is 1. The fourth-order valence-corrected chi connectivity index (χ4v) is 5.18. The number of aromatic nitrogens is 5. The molecule has 1 aliphatic carbocycles. The zero-order valence-electron chi connectivity index (χ0n) is 19.1. The number of carbonyl (C=O) groups excluding carboxylic acids is 1. The monoisotopic (exact) mass is 471 g/mol. The van der Waals surface area contributed by atoms with E-state index in [1.165, 1.54) is 17.5 Å². The molecule has 1 amide bonds. The van der Waals surface area contributed by atoms with Gasteiger partial charge in [0.2, 0.25) is 5.88 Å². The molecule has 2 N–H and O–H groups in total. The summed E-state index contributed by atoms with van der Waals surface area (Å²) in [4.78, 5) is 42.7. The summed E-state index contributed by atoms with van der Waals surface area (Å²) in [7, 11) is 0. The van der Waals surface area contributed by atoms with Crippen LogP contribution in [0.25, 0.3) is 11.2 Å². The number of pyridine rings is 1. The number of hydrogen-bond acceptors (Lipinski definition) is 7. The number of anilines is 1. The van der Waals surface area contributed by atoms with Gasteiger partial charge in [0.1, 0.15) is 12.1 Å². The number of H-pyrrole nitrogens is 1. The molecular weight excluding hydrogens is 446 g/mol. The first-order chi connectivity index (χ1) is 17.1. The first-order valence-corrected chi connectivity index (χ1v) is 11.8. The summed E-state index contributed by atoms with van der Waals surface area (Å²) in [5.41, 5.74) is 3.82. The first kappa shape index (κ1) is 21.3. The number of nitrogens with one attached hydrogen (secondary N) is 2. The number of nitrogens with zero attached hydrogens (tertiary/aromatic N) is 5. The third kappa shape index (κ3) is 4.23. The van der Waals surface area contributed by atoms with Gasteiger partial charge in [-0.1, -0.05) is 24.3 Å². The zero-order chi connectivity index (χ0) is 23.8. The van der Waals surface area contributed by atoms with Crippen LogP contribution in [0.3, 0.4) is 0 Å². The Bertz CT molecular complexity index is 1410. The van der Waals surface area contributed by atoms with Crippen LogP contribution < -0.4 is 20.6 Å². The number of benzene rings is 1. The van der Waals surface area contributed by atoms with Crippen molar-refractivity contribution in [2.24, 2.45) is 0 Å². The summed E-state index contributed by atoms with van der Waals surface area (Å²) < 4.78 is 7.27. The maximum atomic E-state index is 12.5. The lowest BCUT2D eigenvalue weighted by atomic mass is 10.0. The lowest BCUT2D eigenvalue weighted by Gasteiger charge is -2.33. The van der Waals surface area contributed by atoms with E-state index < -0.39 is 6.09 Å². The molecule has 4 heterocycles. The zero-order valence-corrected chi connectivity index (χ0v) is 19.1. The van der Waals surface area contributed by atoms with Crippen LogP contribution in [0.4, 0.5) is 10.6 Å². The third-order valence-corrected chi connectivity index (χ3v) is 6.84. The molecule has 0 atom stereocenters. The molecule has 4 aromatic rings. The van der Waals surface area contributed by atoms with Crippen LogP contribution in [0.1, 0.15) is 30.0 Å². The van der Waals surface area contributed by atoms with E-state index in [1.807, 2.05) is 24.3 Å². The molecule has 178 valence electrons. The Morgan fingerprint density at radius 2 is 1.80 bits per heavy atom. The van der Waals surface area contributed by atoms with Gasteiger partial charge in [-0.05, 0) is 48.9 Å². The Hall–Kier alpha value is -4.21. The Labute approximate surface area is 201 Å². The van der Waals surface area contributed by atoms with Crippen molar-refractivity contribution in [3.63, 3.8) is 0 Å². The summed E-state index contributed by atoms with van der Waals surface area (Å²) in [6, 6.07) is 13.7. The van der Waals surface area contributed by atoms with E-state index in [0.29, 0.717) is 24.6 Å². The van der Waals surface area contributed by atoms with Gasteiger partial charge in [-0.2, -0.15) is 0 Å². The van der Waals surface area contributed by atoms with E-state index in [2.05, 4.69) is 42.3 Å². The van der Waals surface area contributed by atoms with Gasteiger partial charge in [-0.3, -0.25) is 9.55 Å². The number of piperidine rings is 1. The third-order valence-electron chi connectivity index (χ3n) is 6.84. The van der Waals surface area contributed by atoms with E-state index in [4.69, 9.17) is 4.74 Å². The maximum Gasteiger partial charge on any atom is 0.414 e. The molecule has 1 fully saturated rings. The average molecular weight is 472 g/mol. The summed E-state index contributed by atoms with van der Waals surface area (Å²) in [5, 5.41) is 2.94. The number of fused-ring (bicyclic) bond motifs is 2. The predicted octanol–water partition coefficient (Wildman–Crippen LogP) is 2.61. The molecule has 6 rings (SSSR count). The predicted molar refractivity (Wildman–Crippen MR) is 130 cm³/mol. The molecule has 10 heteroatoms. The van der Waals surface area contributed by atoms with Crippen LogP contribution >= 0.6 is 0 Å². The number of amides is 1. The minimum atomic E-state index is -0.515. The quantitative estimate of drug-likeness (QED) is 0.470. The van der Waals surface area contributed by atoms with Crippen LogP contribution in [0.2, 0.25) is 0 Å². The van der Waals surface area contributed by atoms with E-state index in [0.717, 1.165) is 31.2 Å². The van der Waals surface area contributed by atoms with Crippen molar-refractivity contribution in [3.8, 4) is 5.88 Å². The second-order valence-corrected chi connectivity index (χ2v) is 9.01. The summed E-state index contributed by atoms with van der Waals surface area (Å²) in [6.45, 7) is 1.43. The number of hydrogen-bond donors (Lipinski definition) is 2. The van der Waals surface area contributed by atoms with Gasteiger partial charge in [0.15, 0.2) is 5.65 Å². The van der Waals surface area contributed by atoms with E-state index >= 15 is 0 Å². The fraction of sp³-hybridized carbons (Fsp3) is 0.320. The molecule has 2 aliphatic rings. The van der Waals surface area contributed by atoms with Crippen molar-refractivity contribution in [3.05, 3.63) is 76.6 Å². The molecule has 1 aromatic carbocycles. The van der Waals surface area contributed by atoms with Crippen LogP contribution in [0.5, 0.6) is 5.88 Å². The van der Waals surface area contributed by atoms with Gasteiger partial charge in [-0.25, -0.2) is 24.5 Å². The van der Waals surface area contributed by atoms with Crippen LogP contribution in [0.15, 0.2) is 59.8 Å². The molecule has 1 aliphatic heterocycles. The summed E-state index contributed by atoms with van der Waals surface area (Å²) >= 11 is 0. The number of carbonyl (C=O) groups is 1. The number of aromatic amines is 1. The largest absolute Gasteiger partial charge is 0.414 e. The molecule has 0 saturated carbocycles. The fourth-order valence-electron chi connectivity index (χ4n) is 5.18. The normalized spacial score (nSPS) is 16.4. The summed E-state index contributed by atoms with van der Waals surface area (Å²) in [6.07, 6.45) is 5.72. The highest BCUT2D eigenvalue weighted by molar-refractivity contribution is 5.71. The summed E-state index contributed by atoms with van der Waals surface area (Å²) in [5.74, 6) is 0.909. The average Bonchev–Trinajstić information content (AvgIpc) is 3.43. The Morgan fingerprint density at radius 1 is 1.03 bits per heavy atom. The lowest BCUT2D eigenvalue weighted by Crippen LogP contribution is -2.38. The van der Waals surface area contributed by atoms with Crippen molar-refractivity contribution < 1.29 is 9.53 Å². The Kier molecular flexibility index (Phi) is 5.40. The van der Waals surface area contributed by atoms with Gasteiger partial charge in [-0.15, -0.1) is 0 Å². The number of rotatable bonds is 4. The molecule has 3 aromatic heterocycles. The smallest absolute Gasteiger partial charge is 0.391 e. The van der Waals surface area contributed by atoms with Gasteiger partial charge in [0.25, 0.3) is 0 Å². The van der Waals surface area contributed by atoms with Crippen LogP contribution in [-0.4, -0.2) is 49.7 Å². The van der Waals surface area contributed by atoms with Gasteiger partial charge in [0.05, 0.1) is 5.52 Å². The van der Waals surface area contributed by atoms with Crippen molar-refractivity contribution in [2.75, 3.05) is 18.0 Å². The van der Waals surface area contributed by atoms with Gasteiger partial charge >= 0.3 is 11.8 Å². The molecule has 1 saturated heterocycles. The molecule has 35 heavy (non-hydrogen) atoms. The Morgan fingerprint density at radius 3 is 2.57 bits per heavy atom. The molecule has 0 spiro atoms. The minimum absolute atomic E-state index is 0.0170. The van der Waals surface area contributed by atoms with Crippen molar-refractivity contribution in [2.45, 2.75) is 37.8 Å². The second kappa shape index (κ2) is 8.86. The molecule has 0 bridgehead atoms. The topological polar surface area (TPSA) is 118 Å². The van der Waals surface area contributed by atoms with Crippen LogP contribution in [0, 0.1) is 0 Å². The van der Waals surface area contributed by atoms with E-state index in [9.17, 15) is 9.59 Å². The minimum Gasteiger partial charge on any atom is -0.391 e. The van der Waals surface area contributed by atoms with Crippen molar-refractivity contribution in [1.29, 1.82) is 0 Å². The highest BCUT2D eigenvalue weighted by Gasteiger charge is 2.26. The SMILES string of the molecule is O=C(NC1Cc2ccccc2C1)Oc1cc(N2CCC(n3c(=O)[nH]c4ncccc43)CC2)ncn1. The van der Waals surface area contributed by atoms with Gasteiger partial charge < -0.3 is 15.0 Å². The lowest BCUT2D eigenvalue weighted by molar-refractivity contribution is 0.194. The number of imidazole rings is 1. The Balaban J connectivity index is 1.08. The molecule has 0 radical (unpaired) electrons. The maximum absolute atomic E-state index is 12.5. The highest BCUT2D eigenvalue weighted by atomic mass is 16.6. The van der Waals surface area contributed by atoms with Crippen LogP contribution in [-0.2, 0) is 12.8 Å². The van der Waals surface area contributed by atoms with Gasteiger partial charge in [0, 0.05) is 37.4 Å².